The second-order valence-corrected chi connectivity index (χ2v) is 7.21. The number of halogens is 3. The fourth-order valence-electron chi connectivity index (χ4n) is 2.89. The predicted octanol–water partition coefficient (Wildman–Crippen LogP) is 4.53. The lowest BCUT2D eigenvalue weighted by atomic mass is 10.1. The van der Waals surface area contributed by atoms with Crippen LogP contribution in [0.25, 0.3) is 11.0 Å². The molecule has 0 unspecified atom stereocenters. The van der Waals surface area contributed by atoms with Gasteiger partial charge in [-0.25, -0.2) is 4.98 Å². The Morgan fingerprint density at radius 3 is 2.81 bits per heavy atom. The maximum Gasteiger partial charge on any atom is 0.422 e. The van der Waals surface area contributed by atoms with Crippen molar-refractivity contribution in [2.45, 2.75) is 37.2 Å². The van der Waals surface area contributed by atoms with E-state index in [1.807, 2.05) is 12.1 Å². The quantitative estimate of drug-likeness (QED) is 0.643. The first-order valence-electron chi connectivity index (χ1n) is 8.25. The molecular weight excluding hydrogens is 379 g/mol. The van der Waals surface area contributed by atoms with Gasteiger partial charge >= 0.3 is 6.18 Å². The van der Waals surface area contributed by atoms with E-state index in [4.69, 9.17) is 9.47 Å². The first kappa shape index (κ1) is 18.1. The zero-order chi connectivity index (χ0) is 19.0. The van der Waals surface area contributed by atoms with Crippen molar-refractivity contribution in [1.29, 1.82) is 0 Å². The fraction of sp³-hybridized carbons (Fsp3) is 0.333. The maximum atomic E-state index is 12.4. The minimum absolute atomic E-state index is 0.193. The van der Waals surface area contributed by atoms with E-state index in [1.165, 1.54) is 24.0 Å². The first-order valence-corrected chi connectivity index (χ1v) is 9.24. The van der Waals surface area contributed by atoms with Gasteiger partial charge in [0.15, 0.2) is 11.8 Å². The Balaban J connectivity index is 1.48. The maximum absolute atomic E-state index is 12.4. The van der Waals surface area contributed by atoms with Crippen LogP contribution in [-0.2, 0) is 23.7 Å². The molecule has 142 valence electrons. The normalized spacial score (nSPS) is 13.9. The van der Waals surface area contributed by atoms with E-state index in [-0.39, 0.29) is 5.75 Å². The monoisotopic (exact) mass is 395 g/mol. The van der Waals surface area contributed by atoms with Gasteiger partial charge in [0.05, 0.1) is 29.9 Å². The third kappa shape index (κ3) is 4.03. The molecule has 4 rings (SSSR count). The number of aromatic amines is 1. The molecule has 0 saturated heterocycles. The van der Waals surface area contributed by atoms with Crippen molar-refractivity contribution >= 4 is 22.8 Å². The summed E-state index contributed by atoms with van der Waals surface area (Å²) in [7, 11) is 0. The number of nitrogens with one attached hydrogen (secondary N) is 1. The van der Waals surface area contributed by atoms with Gasteiger partial charge in [-0.2, -0.15) is 13.2 Å². The topological polar surface area (TPSA) is 60.0 Å². The zero-order valence-corrected chi connectivity index (χ0v) is 15.2. The summed E-state index contributed by atoms with van der Waals surface area (Å²) in [5, 5.41) is 0.734. The lowest BCUT2D eigenvalue weighted by molar-refractivity contribution is -0.153. The molecule has 0 atom stereocenters. The number of fused-ring (bicyclic) bond motifs is 2. The van der Waals surface area contributed by atoms with Crippen molar-refractivity contribution in [3.05, 3.63) is 46.8 Å². The van der Waals surface area contributed by atoms with E-state index in [0.717, 1.165) is 27.3 Å². The molecule has 1 aromatic carbocycles. The molecule has 0 fully saturated rings. The van der Waals surface area contributed by atoms with Crippen molar-refractivity contribution in [1.82, 2.24) is 15.0 Å². The highest BCUT2D eigenvalue weighted by molar-refractivity contribution is 7.98. The minimum Gasteiger partial charge on any atom is -0.484 e. The van der Waals surface area contributed by atoms with Crippen molar-refractivity contribution in [2.75, 3.05) is 6.61 Å². The third-order valence-corrected chi connectivity index (χ3v) is 5.18. The van der Waals surface area contributed by atoms with Crippen molar-refractivity contribution in [3.8, 4) is 5.75 Å². The van der Waals surface area contributed by atoms with Gasteiger partial charge in [-0.1, -0.05) is 11.8 Å². The summed E-state index contributed by atoms with van der Waals surface area (Å²) in [4.78, 5) is 12.1. The molecule has 3 heterocycles. The number of hydrogen-bond acceptors (Lipinski definition) is 5. The molecule has 0 radical (unpaired) electrons. The van der Waals surface area contributed by atoms with Gasteiger partial charge in [0.25, 0.3) is 0 Å². The molecule has 9 heteroatoms. The van der Waals surface area contributed by atoms with E-state index < -0.39 is 12.8 Å². The number of alkyl halides is 3. The van der Waals surface area contributed by atoms with E-state index in [1.54, 1.807) is 6.92 Å². The Hall–Kier alpha value is -2.26. The molecular formula is C18H16F3N3O2S. The number of H-pyrrole nitrogens is 1. The summed E-state index contributed by atoms with van der Waals surface area (Å²) in [5.74, 6) is 0.663. The number of ether oxygens (including phenoxy) is 2. The number of rotatable bonds is 5. The molecule has 0 saturated carbocycles. The lowest BCUT2D eigenvalue weighted by Gasteiger charge is -2.13. The second kappa shape index (κ2) is 7.05. The Morgan fingerprint density at radius 1 is 1.26 bits per heavy atom. The van der Waals surface area contributed by atoms with Crippen LogP contribution in [0.5, 0.6) is 5.75 Å². The number of hydrogen-bond donors (Lipinski definition) is 1. The largest absolute Gasteiger partial charge is 0.484 e. The average Bonchev–Trinajstić information content (AvgIpc) is 3.22. The van der Waals surface area contributed by atoms with E-state index in [9.17, 15) is 13.2 Å². The van der Waals surface area contributed by atoms with Crippen LogP contribution in [0, 0.1) is 6.92 Å². The summed E-state index contributed by atoms with van der Waals surface area (Å²) in [5.41, 5.74) is 5.38. The van der Waals surface area contributed by atoms with E-state index >= 15 is 0 Å². The number of imidazole rings is 1. The zero-order valence-electron chi connectivity index (χ0n) is 14.4. The number of nitrogens with zero attached hydrogens (tertiary/aromatic N) is 2. The fourth-order valence-corrected chi connectivity index (χ4v) is 3.80. The summed E-state index contributed by atoms with van der Waals surface area (Å²) < 4.78 is 47.4. The van der Waals surface area contributed by atoms with Crippen LogP contribution in [0.1, 0.15) is 22.4 Å². The van der Waals surface area contributed by atoms with Crippen LogP contribution in [0.2, 0.25) is 0 Å². The summed E-state index contributed by atoms with van der Waals surface area (Å²) in [6.45, 7) is 1.61. The average molecular weight is 395 g/mol. The van der Waals surface area contributed by atoms with Gasteiger partial charge in [0.1, 0.15) is 5.75 Å². The molecule has 0 aliphatic carbocycles. The highest BCUT2D eigenvalue weighted by atomic mass is 32.2. The Labute approximate surface area is 157 Å². The SMILES string of the molecule is Cc1c(OCC(F)(F)F)ccnc1CSc1nc2cc3c(cc2[nH]1)COC3. The van der Waals surface area contributed by atoms with Crippen LogP contribution in [0.3, 0.4) is 0 Å². The van der Waals surface area contributed by atoms with E-state index in [0.29, 0.717) is 30.2 Å². The minimum atomic E-state index is -4.37. The standard InChI is InChI=1S/C18H16F3N3O2S/c1-10-15(22-3-2-16(10)26-9-18(19,20)21)8-27-17-23-13-4-11-6-25-7-12(11)5-14(13)24-17/h2-5H,6-9H2,1H3,(H,23,24). The highest BCUT2D eigenvalue weighted by Gasteiger charge is 2.28. The smallest absolute Gasteiger partial charge is 0.422 e. The Morgan fingerprint density at radius 2 is 2.04 bits per heavy atom. The molecule has 2 aromatic heterocycles. The van der Waals surface area contributed by atoms with Crippen LogP contribution in [0.15, 0.2) is 29.6 Å². The van der Waals surface area contributed by atoms with Crippen molar-refractivity contribution < 1.29 is 22.6 Å². The Kier molecular flexibility index (Phi) is 4.73. The number of benzene rings is 1. The van der Waals surface area contributed by atoms with Crippen LogP contribution < -0.4 is 4.74 Å². The summed E-state index contributed by atoms with van der Waals surface area (Å²) in [6, 6.07) is 5.51. The van der Waals surface area contributed by atoms with Gasteiger partial charge in [-0.05, 0) is 36.2 Å². The molecule has 3 aromatic rings. The highest BCUT2D eigenvalue weighted by Crippen LogP contribution is 2.30. The predicted molar refractivity (Wildman–Crippen MR) is 94.7 cm³/mol. The molecule has 1 N–H and O–H groups in total. The summed E-state index contributed by atoms with van der Waals surface area (Å²) >= 11 is 1.44. The van der Waals surface area contributed by atoms with Gasteiger partial charge in [0.2, 0.25) is 0 Å². The number of pyridine rings is 1. The van der Waals surface area contributed by atoms with Gasteiger partial charge in [-0.15, -0.1) is 0 Å². The third-order valence-electron chi connectivity index (χ3n) is 4.29. The van der Waals surface area contributed by atoms with Crippen molar-refractivity contribution in [2.24, 2.45) is 0 Å². The molecule has 0 spiro atoms. The van der Waals surface area contributed by atoms with Crippen LogP contribution in [-0.4, -0.2) is 27.7 Å². The van der Waals surface area contributed by atoms with Gasteiger partial charge in [-0.3, -0.25) is 4.98 Å². The summed E-state index contributed by atoms with van der Waals surface area (Å²) in [6.07, 6.45) is -2.91. The van der Waals surface area contributed by atoms with Gasteiger partial charge in [0, 0.05) is 17.5 Å². The van der Waals surface area contributed by atoms with E-state index in [2.05, 4.69) is 15.0 Å². The molecule has 5 nitrogen and oxygen atoms in total. The number of thioether (sulfide) groups is 1. The molecule has 0 amide bonds. The lowest BCUT2D eigenvalue weighted by Crippen LogP contribution is -2.19. The molecule has 27 heavy (non-hydrogen) atoms. The van der Waals surface area contributed by atoms with Crippen LogP contribution >= 0.6 is 11.8 Å². The molecule has 0 bridgehead atoms. The van der Waals surface area contributed by atoms with Gasteiger partial charge < -0.3 is 14.5 Å². The first-order chi connectivity index (χ1) is 12.9. The molecule has 1 aliphatic heterocycles. The number of aromatic nitrogens is 3. The van der Waals surface area contributed by atoms with Crippen LogP contribution in [0.4, 0.5) is 13.2 Å². The Bertz CT molecular complexity index is 947. The van der Waals surface area contributed by atoms with Crippen molar-refractivity contribution in [3.63, 3.8) is 0 Å². The molecule has 1 aliphatic rings. The second-order valence-electron chi connectivity index (χ2n) is 6.25.